The molecule has 2 heterocycles. The largest absolute Gasteiger partial charge is 0.369 e. The summed E-state index contributed by atoms with van der Waals surface area (Å²) in [5, 5.41) is 0. The van der Waals surface area contributed by atoms with Gasteiger partial charge in [0.2, 0.25) is 5.91 Å². The van der Waals surface area contributed by atoms with E-state index in [1.54, 1.807) is 13.2 Å². The average Bonchev–Trinajstić information content (AvgIpc) is 2.53. The molecule has 21 heavy (non-hydrogen) atoms. The molecule has 0 aliphatic carbocycles. The zero-order valence-electron chi connectivity index (χ0n) is 11.7. The van der Waals surface area contributed by atoms with E-state index >= 15 is 0 Å². The molecular weight excluding hydrogens is 264 g/mol. The highest BCUT2D eigenvalue weighted by Gasteiger charge is 2.25. The second kappa shape index (κ2) is 5.36. The maximum Gasteiger partial charge on any atom is 0.231 e. The van der Waals surface area contributed by atoms with Crippen LogP contribution in [0.1, 0.15) is 18.0 Å². The average molecular weight is 280 g/mol. The molecule has 0 saturated heterocycles. The van der Waals surface area contributed by atoms with E-state index in [2.05, 4.69) is 9.98 Å². The van der Waals surface area contributed by atoms with Crippen LogP contribution >= 0.6 is 0 Å². The zero-order valence-corrected chi connectivity index (χ0v) is 11.7. The van der Waals surface area contributed by atoms with Crippen LogP contribution in [0.3, 0.4) is 0 Å². The molecule has 0 radical (unpaired) electrons. The van der Waals surface area contributed by atoms with Crippen molar-refractivity contribution in [3.8, 4) is 11.1 Å². The van der Waals surface area contributed by atoms with E-state index in [9.17, 15) is 4.79 Å². The summed E-state index contributed by atoms with van der Waals surface area (Å²) in [6.45, 7) is 0. The van der Waals surface area contributed by atoms with Crippen LogP contribution < -0.4 is 5.73 Å². The number of hydrogen-bond acceptors (Lipinski definition) is 4. The van der Waals surface area contributed by atoms with Gasteiger partial charge in [-0.3, -0.25) is 14.7 Å². The number of benzene rings is 1. The molecule has 1 amide bonds. The van der Waals surface area contributed by atoms with Gasteiger partial charge in [0.05, 0.1) is 12.5 Å². The molecule has 1 aromatic carbocycles. The topological polar surface area (TPSA) is 71.6 Å². The Hall–Kier alpha value is -2.69. The van der Waals surface area contributed by atoms with Crippen LogP contribution in [0.2, 0.25) is 0 Å². The normalized spacial score (nSPS) is 18.5. The number of carbonyl (C=O) groups excluding carboxylic acids is 1. The van der Waals surface area contributed by atoms with Gasteiger partial charge in [-0.25, -0.2) is 4.99 Å². The first-order valence-electron chi connectivity index (χ1n) is 6.75. The van der Waals surface area contributed by atoms with Crippen LogP contribution in [0.25, 0.3) is 11.1 Å². The third kappa shape index (κ3) is 2.63. The summed E-state index contributed by atoms with van der Waals surface area (Å²) in [4.78, 5) is 21.8. The maximum atomic E-state index is 11.9. The Bertz CT molecular complexity index is 696. The molecule has 2 aromatic rings. The highest BCUT2D eigenvalue weighted by Crippen LogP contribution is 2.28. The van der Waals surface area contributed by atoms with Crippen molar-refractivity contribution in [1.29, 1.82) is 0 Å². The number of nitrogens with two attached hydrogens (primary N) is 1. The van der Waals surface area contributed by atoms with Crippen molar-refractivity contribution in [2.45, 2.75) is 12.5 Å². The fourth-order valence-corrected chi connectivity index (χ4v) is 2.37. The fraction of sp³-hybridized carbons (Fsp3) is 0.188. The fourth-order valence-electron chi connectivity index (χ4n) is 2.37. The molecule has 1 atom stereocenters. The number of aliphatic imine (C=N–C) groups is 1. The lowest BCUT2D eigenvalue weighted by Crippen LogP contribution is -2.42. The summed E-state index contributed by atoms with van der Waals surface area (Å²) in [6.07, 6.45) is 3.90. The van der Waals surface area contributed by atoms with Gasteiger partial charge >= 0.3 is 0 Å². The summed E-state index contributed by atoms with van der Waals surface area (Å²) < 4.78 is 0. The number of aromatic nitrogens is 1. The van der Waals surface area contributed by atoms with Crippen molar-refractivity contribution >= 4 is 11.9 Å². The molecule has 1 aliphatic rings. The Balaban J connectivity index is 1.96. The summed E-state index contributed by atoms with van der Waals surface area (Å²) in [5.41, 5.74) is 8.87. The first kappa shape index (κ1) is 13.3. The molecule has 0 spiro atoms. The molecule has 1 unspecified atom stereocenters. The van der Waals surface area contributed by atoms with E-state index in [0.717, 1.165) is 16.7 Å². The van der Waals surface area contributed by atoms with Crippen LogP contribution in [0.5, 0.6) is 0 Å². The van der Waals surface area contributed by atoms with Crippen LogP contribution in [0.4, 0.5) is 0 Å². The second-order valence-electron chi connectivity index (χ2n) is 5.03. The van der Waals surface area contributed by atoms with E-state index in [4.69, 9.17) is 5.73 Å². The second-order valence-corrected chi connectivity index (χ2v) is 5.03. The van der Waals surface area contributed by atoms with Crippen LogP contribution in [-0.2, 0) is 4.79 Å². The van der Waals surface area contributed by atoms with Gasteiger partial charge in [-0.1, -0.05) is 24.3 Å². The lowest BCUT2D eigenvalue weighted by molar-refractivity contribution is -0.127. The van der Waals surface area contributed by atoms with Gasteiger partial charge in [-0.05, 0) is 28.8 Å². The smallest absolute Gasteiger partial charge is 0.231 e. The first-order chi connectivity index (χ1) is 10.1. The Morgan fingerprint density at radius 3 is 2.76 bits per heavy atom. The number of carbonyl (C=O) groups is 1. The van der Waals surface area contributed by atoms with Crippen molar-refractivity contribution in [2.24, 2.45) is 10.7 Å². The van der Waals surface area contributed by atoms with Crippen molar-refractivity contribution in [1.82, 2.24) is 9.88 Å². The van der Waals surface area contributed by atoms with E-state index < -0.39 is 0 Å². The molecule has 0 saturated carbocycles. The quantitative estimate of drug-likeness (QED) is 0.914. The van der Waals surface area contributed by atoms with Crippen LogP contribution in [0, 0.1) is 0 Å². The minimum Gasteiger partial charge on any atom is -0.369 e. The zero-order chi connectivity index (χ0) is 14.8. The summed E-state index contributed by atoms with van der Waals surface area (Å²) in [7, 11) is 1.64. The number of hydrogen-bond donors (Lipinski definition) is 1. The van der Waals surface area contributed by atoms with Gasteiger partial charge in [0, 0.05) is 19.4 Å². The molecule has 0 fully saturated rings. The predicted molar refractivity (Wildman–Crippen MR) is 81.4 cm³/mol. The maximum absolute atomic E-state index is 11.9. The summed E-state index contributed by atoms with van der Waals surface area (Å²) in [5.74, 6) is 0.252. The molecule has 5 heteroatoms. The predicted octanol–water partition coefficient (Wildman–Crippen LogP) is 1.97. The third-order valence-corrected chi connectivity index (χ3v) is 3.64. The lowest BCUT2D eigenvalue weighted by Gasteiger charge is -2.25. The Morgan fingerprint density at radius 1 is 1.24 bits per heavy atom. The van der Waals surface area contributed by atoms with Crippen LogP contribution in [0.15, 0.2) is 53.8 Å². The standard InChI is InChI=1S/C16H16N4O/c1-20-15(21)9-14(19-16(20)17)12-5-2-4-11(8-12)13-6-3-7-18-10-13/h2-8,10,14H,9H2,1H3,(H2,17,19). The van der Waals surface area contributed by atoms with E-state index in [0.29, 0.717) is 6.42 Å². The number of guanidine groups is 1. The number of rotatable bonds is 2. The molecule has 1 aliphatic heterocycles. The first-order valence-corrected chi connectivity index (χ1v) is 6.75. The molecule has 5 nitrogen and oxygen atoms in total. The van der Waals surface area contributed by atoms with Gasteiger partial charge < -0.3 is 5.73 Å². The van der Waals surface area contributed by atoms with Crippen molar-refractivity contribution in [3.63, 3.8) is 0 Å². The van der Waals surface area contributed by atoms with Gasteiger partial charge in [0.1, 0.15) is 0 Å². The van der Waals surface area contributed by atoms with Crippen molar-refractivity contribution in [2.75, 3.05) is 7.05 Å². The van der Waals surface area contributed by atoms with Crippen molar-refractivity contribution in [3.05, 3.63) is 54.4 Å². The molecule has 1 aromatic heterocycles. The van der Waals surface area contributed by atoms with Gasteiger partial charge in [-0.15, -0.1) is 0 Å². The minimum absolute atomic E-state index is 0.0146. The number of pyridine rings is 1. The van der Waals surface area contributed by atoms with Crippen molar-refractivity contribution < 1.29 is 4.79 Å². The molecule has 3 rings (SSSR count). The minimum atomic E-state index is -0.217. The highest BCUT2D eigenvalue weighted by atomic mass is 16.2. The number of nitrogens with zero attached hydrogens (tertiary/aromatic N) is 3. The van der Waals surface area contributed by atoms with E-state index in [1.165, 1.54) is 4.90 Å². The molecular formula is C16H16N4O. The SMILES string of the molecule is CN1C(=O)CC(c2cccc(-c3cccnc3)c2)N=C1N. The lowest BCUT2D eigenvalue weighted by atomic mass is 9.98. The van der Waals surface area contributed by atoms with Gasteiger partial charge in [0.25, 0.3) is 0 Å². The Morgan fingerprint density at radius 2 is 2.05 bits per heavy atom. The van der Waals surface area contributed by atoms with E-state index in [1.807, 2.05) is 42.6 Å². The van der Waals surface area contributed by atoms with E-state index in [-0.39, 0.29) is 17.9 Å². The molecule has 106 valence electrons. The Labute approximate surface area is 123 Å². The van der Waals surface area contributed by atoms with Crippen LogP contribution in [-0.4, -0.2) is 28.8 Å². The molecule has 2 N–H and O–H groups in total. The Kier molecular flexibility index (Phi) is 3.39. The third-order valence-electron chi connectivity index (χ3n) is 3.64. The van der Waals surface area contributed by atoms with Gasteiger partial charge in [-0.2, -0.15) is 0 Å². The monoisotopic (exact) mass is 280 g/mol. The summed E-state index contributed by atoms with van der Waals surface area (Å²) in [6, 6.07) is 11.7. The molecule has 0 bridgehead atoms. The number of amides is 1. The van der Waals surface area contributed by atoms with Gasteiger partial charge in [0.15, 0.2) is 5.96 Å². The highest BCUT2D eigenvalue weighted by molar-refractivity contribution is 5.98. The summed E-state index contributed by atoms with van der Waals surface area (Å²) >= 11 is 0.